The molecule has 0 spiro atoms. The van der Waals surface area contributed by atoms with Gasteiger partial charge in [0.1, 0.15) is 0 Å². The lowest BCUT2D eigenvalue weighted by atomic mass is 9.84. The molecule has 2 fully saturated rings. The molecule has 2 saturated carbocycles. The Morgan fingerprint density at radius 1 is 1.25 bits per heavy atom. The predicted octanol–water partition coefficient (Wildman–Crippen LogP) is 3.44. The second-order valence-electron chi connectivity index (χ2n) is 7.22. The van der Waals surface area contributed by atoms with Gasteiger partial charge in [-0.05, 0) is 68.2 Å². The van der Waals surface area contributed by atoms with Crippen molar-refractivity contribution in [3.05, 3.63) is 29.3 Å². The van der Waals surface area contributed by atoms with E-state index in [4.69, 9.17) is 11.6 Å². The molecule has 1 aromatic carbocycles. The lowest BCUT2D eigenvalue weighted by Crippen LogP contribution is -2.40. The topological polar surface area (TPSA) is 63.2 Å². The zero-order valence-corrected chi connectivity index (χ0v) is 15.4. The normalized spacial score (nSPS) is 27.2. The van der Waals surface area contributed by atoms with Gasteiger partial charge in [0.15, 0.2) is 9.84 Å². The number of hydrogen-bond donors (Lipinski definition) is 1. The van der Waals surface area contributed by atoms with E-state index >= 15 is 0 Å². The first-order valence-electron chi connectivity index (χ1n) is 8.63. The van der Waals surface area contributed by atoms with E-state index in [1.807, 2.05) is 0 Å². The number of carbonyl (C=O) groups is 1. The smallest absolute Gasteiger partial charge is 0.221 e. The summed E-state index contributed by atoms with van der Waals surface area (Å²) in [7, 11) is -3.45. The van der Waals surface area contributed by atoms with Crippen molar-refractivity contribution in [3.63, 3.8) is 0 Å². The first kappa shape index (κ1) is 17.7. The van der Waals surface area contributed by atoms with Crippen molar-refractivity contribution >= 4 is 27.3 Å². The molecule has 1 aromatic rings. The molecule has 1 amide bonds. The van der Waals surface area contributed by atoms with Crippen molar-refractivity contribution < 1.29 is 13.2 Å². The number of halogens is 1. The minimum atomic E-state index is -3.45. The molecule has 0 aliphatic heterocycles. The summed E-state index contributed by atoms with van der Waals surface area (Å²) in [6.07, 6.45) is 5.11. The monoisotopic (exact) mass is 369 g/mol. The summed E-state index contributed by atoms with van der Waals surface area (Å²) in [5, 5.41) is 3.51. The molecular formula is C18H24ClNO3S. The molecule has 4 nitrogen and oxygen atoms in total. The fourth-order valence-electron chi connectivity index (χ4n) is 4.33. The van der Waals surface area contributed by atoms with E-state index in [-0.39, 0.29) is 29.0 Å². The van der Waals surface area contributed by atoms with Crippen LogP contribution in [0.4, 0.5) is 0 Å². The number of amides is 1. The Morgan fingerprint density at radius 2 is 1.96 bits per heavy atom. The summed E-state index contributed by atoms with van der Waals surface area (Å²) >= 11 is 5.78. The molecule has 0 unspecified atom stereocenters. The summed E-state index contributed by atoms with van der Waals surface area (Å²) in [5.74, 6) is 1.78. The molecule has 6 heteroatoms. The second kappa shape index (κ2) is 7.04. The van der Waals surface area contributed by atoms with Crippen LogP contribution in [0.15, 0.2) is 29.2 Å². The number of benzene rings is 1. The first-order valence-corrected chi connectivity index (χ1v) is 10.7. The van der Waals surface area contributed by atoms with Crippen LogP contribution in [0.5, 0.6) is 0 Å². The average Bonchev–Trinajstić information content (AvgIpc) is 3.16. The van der Waals surface area contributed by atoms with Gasteiger partial charge < -0.3 is 5.32 Å². The first-order chi connectivity index (χ1) is 11.3. The van der Waals surface area contributed by atoms with Gasteiger partial charge in [0.25, 0.3) is 0 Å². The van der Waals surface area contributed by atoms with E-state index in [2.05, 4.69) is 12.2 Å². The van der Waals surface area contributed by atoms with Crippen molar-refractivity contribution in [2.24, 2.45) is 17.8 Å². The maximum Gasteiger partial charge on any atom is 0.221 e. The number of rotatable bonds is 6. The second-order valence-corrected chi connectivity index (χ2v) is 9.76. The molecule has 0 aromatic heterocycles. The summed E-state index contributed by atoms with van der Waals surface area (Å²) in [6.45, 7) is 2.05. The van der Waals surface area contributed by atoms with Crippen molar-refractivity contribution in [2.75, 3.05) is 5.75 Å². The number of hydrogen-bond acceptors (Lipinski definition) is 3. The van der Waals surface area contributed by atoms with Crippen molar-refractivity contribution in [1.29, 1.82) is 0 Å². The van der Waals surface area contributed by atoms with Crippen LogP contribution < -0.4 is 5.32 Å². The van der Waals surface area contributed by atoms with E-state index in [0.29, 0.717) is 10.9 Å². The molecule has 0 heterocycles. The molecule has 2 aliphatic carbocycles. The maximum absolute atomic E-state index is 12.3. The Morgan fingerprint density at radius 3 is 2.54 bits per heavy atom. The van der Waals surface area contributed by atoms with Crippen LogP contribution >= 0.6 is 11.6 Å². The molecule has 0 radical (unpaired) electrons. The molecule has 2 bridgehead atoms. The number of fused-ring (bicyclic) bond motifs is 2. The lowest BCUT2D eigenvalue weighted by molar-refractivity contribution is -0.121. The fourth-order valence-corrected chi connectivity index (χ4v) is 5.69. The minimum absolute atomic E-state index is 0.00385. The summed E-state index contributed by atoms with van der Waals surface area (Å²) in [6, 6.07) is 6.18. The molecule has 1 N–H and O–H groups in total. The van der Waals surface area contributed by atoms with Crippen LogP contribution in [0.2, 0.25) is 5.02 Å². The van der Waals surface area contributed by atoms with Crippen molar-refractivity contribution in [2.45, 2.75) is 50.0 Å². The largest absolute Gasteiger partial charge is 0.353 e. The standard InChI is InChI=1S/C18H24ClNO3S/c1-12(17-11-13-2-3-14(17)10-13)20-18(21)8-9-24(22,23)16-6-4-15(19)5-7-16/h4-7,12-14,17H,2-3,8-11H2,1H3,(H,20,21)/t12-,13+,14+,17+/m1/s1. The zero-order chi connectivity index (χ0) is 17.3. The Labute approximate surface area is 148 Å². The van der Waals surface area contributed by atoms with Crippen molar-refractivity contribution in [1.82, 2.24) is 5.32 Å². The molecule has 4 atom stereocenters. The SMILES string of the molecule is C[C@@H](NC(=O)CCS(=O)(=O)c1ccc(Cl)cc1)[C@@H]1C[C@H]2CC[C@H]1C2. The number of nitrogens with one attached hydrogen (secondary N) is 1. The van der Waals surface area contributed by atoms with Gasteiger partial charge in [0, 0.05) is 17.5 Å². The predicted molar refractivity (Wildman–Crippen MR) is 94.7 cm³/mol. The maximum atomic E-state index is 12.3. The van der Waals surface area contributed by atoms with Crippen LogP contribution in [-0.4, -0.2) is 26.1 Å². The molecule has 24 heavy (non-hydrogen) atoms. The van der Waals surface area contributed by atoms with Gasteiger partial charge in [0.2, 0.25) is 5.91 Å². The van der Waals surface area contributed by atoms with Gasteiger partial charge in [0.05, 0.1) is 10.6 Å². The Balaban J connectivity index is 1.51. The third kappa shape index (κ3) is 3.94. The van der Waals surface area contributed by atoms with Crippen LogP contribution in [-0.2, 0) is 14.6 Å². The molecule has 0 saturated heterocycles. The van der Waals surface area contributed by atoms with Gasteiger partial charge >= 0.3 is 0 Å². The Hall–Kier alpha value is -1.07. The third-order valence-electron chi connectivity index (χ3n) is 5.59. The quantitative estimate of drug-likeness (QED) is 0.835. The zero-order valence-electron chi connectivity index (χ0n) is 13.9. The highest BCUT2D eigenvalue weighted by Gasteiger charge is 2.42. The molecular weight excluding hydrogens is 346 g/mol. The van der Waals surface area contributed by atoms with E-state index < -0.39 is 9.84 Å². The van der Waals surface area contributed by atoms with Gasteiger partial charge in [-0.1, -0.05) is 18.0 Å². The van der Waals surface area contributed by atoms with E-state index in [1.54, 1.807) is 12.1 Å². The minimum Gasteiger partial charge on any atom is -0.353 e. The lowest BCUT2D eigenvalue weighted by Gasteiger charge is -2.28. The van der Waals surface area contributed by atoms with Gasteiger partial charge in [-0.2, -0.15) is 0 Å². The van der Waals surface area contributed by atoms with Crippen LogP contribution in [0.25, 0.3) is 0 Å². The fraction of sp³-hybridized carbons (Fsp3) is 0.611. The molecule has 2 aliphatic rings. The molecule has 3 rings (SSSR count). The summed E-state index contributed by atoms with van der Waals surface area (Å²) in [5.41, 5.74) is 0. The van der Waals surface area contributed by atoms with Crippen LogP contribution in [0.3, 0.4) is 0 Å². The van der Waals surface area contributed by atoms with E-state index in [0.717, 1.165) is 11.8 Å². The highest BCUT2D eigenvalue weighted by atomic mass is 35.5. The van der Waals surface area contributed by atoms with Gasteiger partial charge in [-0.3, -0.25) is 4.79 Å². The summed E-state index contributed by atoms with van der Waals surface area (Å²) in [4.78, 5) is 12.4. The Bertz CT molecular complexity index is 701. The Kier molecular flexibility index (Phi) is 5.21. The third-order valence-corrected chi connectivity index (χ3v) is 7.58. The van der Waals surface area contributed by atoms with Gasteiger partial charge in [-0.25, -0.2) is 8.42 Å². The average molecular weight is 370 g/mol. The summed E-state index contributed by atoms with van der Waals surface area (Å²) < 4.78 is 24.5. The van der Waals surface area contributed by atoms with Crippen LogP contribution in [0, 0.1) is 17.8 Å². The highest BCUT2D eigenvalue weighted by Crippen LogP contribution is 2.49. The van der Waals surface area contributed by atoms with Crippen LogP contribution in [0.1, 0.15) is 39.0 Å². The number of sulfone groups is 1. The van der Waals surface area contributed by atoms with Crippen molar-refractivity contribution in [3.8, 4) is 0 Å². The van der Waals surface area contributed by atoms with E-state index in [1.165, 1.54) is 37.8 Å². The molecule has 132 valence electrons. The highest BCUT2D eigenvalue weighted by molar-refractivity contribution is 7.91. The number of carbonyl (C=O) groups excluding carboxylic acids is 1. The van der Waals surface area contributed by atoms with Gasteiger partial charge in [-0.15, -0.1) is 0 Å². The van der Waals surface area contributed by atoms with E-state index in [9.17, 15) is 13.2 Å².